The number of likely N-dealkylation sites (tertiary alicyclic amines) is 1. The van der Waals surface area contributed by atoms with Crippen LogP contribution in [-0.4, -0.2) is 34.3 Å². The van der Waals surface area contributed by atoms with Crippen molar-refractivity contribution in [3.05, 3.63) is 24.0 Å². The van der Waals surface area contributed by atoms with E-state index in [1.807, 2.05) is 0 Å². The normalized spacial score (nSPS) is 24.4. The number of aliphatic hydroxyl groups excluding tert-OH is 1. The SMILES string of the molecule is CC(C)CCn1cccc1CN1CCCC(C)(CO)C1. The Balaban J connectivity index is 1.94. The quantitative estimate of drug-likeness (QED) is 0.866. The molecule has 1 fully saturated rings. The van der Waals surface area contributed by atoms with Gasteiger partial charge in [-0.05, 0) is 43.9 Å². The van der Waals surface area contributed by atoms with Crippen molar-refractivity contribution < 1.29 is 5.11 Å². The van der Waals surface area contributed by atoms with Crippen molar-refractivity contribution in [2.75, 3.05) is 19.7 Å². The van der Waals surface area contributed by atoms with Crippen LogP contribution in [0, 0.1) is 11.3 Å². The topological polar surface area (TPSA) is 28.4 Å². The number of nitrogens with zero attached hydrogens (tertiary/aromatic N) is 2. The van der Waals surface area contributed by atoms with Crippen LogP contribution in [-0.2, 0) is 13.1 Å². The van der Waals surface area contributed by atoms with E-state index in [-0.39, 0.29) is 5.41 Å². The van der Waals surface area contributed by atoms with E-state index in [4.69, 9.17) is 0 Å². The van der Waals surface area contributed by atoms with Gasteiger partial charge in [-0.25, -0.2) is 0 Å². The molecule has 20 heavy (non-hydrogen) atoms. The summed E-state index contributed by atoms with van der Waals surface area (Å²) in [5.74, 6) is 0.748. The average molecular weight is 278 g/mol. The molecule has 0 saturated carbocycles. The van der Waals surface area contributed by atoms with E-state index in [0.29, 0.717) is 6.61 Å². The lowest BCUT2D eigenvalue weighted by molar-refractivity contribution is 0.0418. The molecule has 2 heterocycles. The zero-order valence-corrected chi connectivity index (χ0v) is 13.3. The fraction of sp³-hybridized carbons (Fsp3) is 0.765. The Hall–Kier alpha value is -0.800. The highest BCUT2D eigenvalue weighted by Gasteiger charge is 2.30. The first-order chi connectivity index (χ1) is 9.52. The Morgan fingerprint density at radius 1 is 1.40 bits per heavy atom. The Kier molecular flexibility index (Phi) is 5.28. The molecule has 114 valence electrons. The first kappa shape index (κ1) is 15.6. The van der Waals surface area contributed by atoms with E-state index in [0.717, 1.165) is 38.5 Å². The number of piperidine rings is 1. The second-order valence-electron chi connectivity index (χ2n) is 7.16. The van der Waals surface area contributed by atoms with E-state index in [9.17, 15) is 5.11 Å². The highest BCUT2D eigenvalue weighted by Crippen LogP contribution is 2.29. The molecule has 1 atom stereocenters. The van der Waals surface area contributed by atoms with Crippen molar-refractivity contribution in [1.82, 2.24) is 9.47 Å². The molecule has 1 unspecified atom stereocenters. The van der Waals surface area contributed by atoms with Crippen LogP contribution in [0.25, 0.3) is 0 Å². The second kappa shape index (κ2) is 6.77. The summed E-state index contributed by atoms with van der Waals surface area (Å²) in [7, 11) is 0. The molecule has 1 aromatic rings. The van der Waals surface area contributed by atoms with Crippen molar-refractivity contribution in [2.45, 2.75) is 53.1 Å². The second-order valence-corrected chi connectivity index (χ2v) is 7.16. The minimum absolute atomic E-state index is 0.0909. The Morgan fingerprint density at radius 3 is 2.90 bits per heavy atom. The van der Waals surface area contributed by atoms with Gasteiger partial charge in [0.05, 0.1) is 0 Å². The van der Waals surface area contributed by atoms with Crippen LogP contribution < -0.4 is 0 Å². The van der Waals surface area contributed by atoms with E-state index in [1.54, 1.807) is 0 Å². The Morgan fingerprint density at radius 2 is 2.20 bits per heavy atom. The minimum Gasteiger partial charge on any atom is -0.396 e. The number of aliphatic hydroxyl groups is 1. The summed E-state index contributed by atoms with van der Waals surface area (Å²) in [5.41, 5.74) is 1.50. The van der Waals surface area contributed by atoms with E-state index < -0.39 is 0 Å². The van der Waals surface area contributed by atoms with E-state index in [1.165, 1.54) is 18.5 Å². The largest absolute Gasteiger partial charge is 0.396 e. The molecule has 1 aliphatic heterocycles. The van der Waals surface area contributed by atoms with Gasteiger partial charge in [0, 0.05) is 43.5 Å². The first-order valence-corrected chi connectivity index (χ1v) is 8.00. The Labute approximate surface area is 123 Å². The summed E-state index contributed by atoms with van der Waals surface area (Å²) in [5, 5.41) is 9.56. The molecule has 2 rings (SSSR count). The molecule has 1 aliphatic rings. The maximum Gasteiger partial charge on any atom is 0.0497 e. The van der Waals surface area contributed by atoms with Gasteiger partial charge in [-0.15, -0.1) is 0 Å². The summed E-state index contributed by atoms with van der Waals surface area (Å²) in [6.07, 6.45) is 5.78. The van der Waals surface area contributed by atoms with Crippen LogP contribution in [0.4, 0.5) is 0 Å². The third-order valence-electron chi connectivity index (χ3n) is 4.50. The fourth-order valence-corrected chi connectivity index (χ4v) is 3.13. The predicted molar refractivity (Wildman–Crippen MR) is 83.6 cm³/mol. The van der Waals surface area contributed by atoms with Gasteiger partial charge in [0.2, 0.25) is 0 Å². The summed E-state index contributed by atoms with van der Waals surface area (Å²) in [6.45, 7) is 11.4. The van der Waals surface area contributed by atoms with Gasteiger partial charge in [0.25, 0.3) is 0 Å². The van der Waals surface area contributed by atoms with E-state index in [2.05, 4.69) is 48.6 Å². The highest BCUT2D eigenvalue weighted by atomic mass is 16.3. The van der Waals surface area contributed by atoms with Crippen LogP contribution >= 0.6 is 0 Å². The standard InChI is InChI=1S/C17H30N2O/c1-15(2)7-11-19-10-4-6-16(19)12-18-9-5-8-17(3,13-18)14-20/h4,6,10,15,20H,5,7-9,11-14H2,1-3H3. The summed E-state index contributed by atoms with van der Waals surface area (Å²) < 4.78 is 2.39. The fourth-order valence-electron chi connectivity index (χ4n) is 3.13. The number of aromatic nitrogens is 1. The van der Waals surface area contributed by atoms with Crippen LogP contribution in [0.3, 0.4) is 0 Å². The molecule has 0 bridgehead atoms. The van der Waals surface area contributed by atoms with Crippen molar-refractivity contribution in [3.8, 4) is 0 Å². The maximum absolute atomic E-state index is 9.56. The highest BCUT2D eigenvalue weighted by molar-refractivity contribution is 5.07. The zero-order chi connectivity index (χ0) is 14.6. The molecule has 1 N–H and O–H groups in total. The molecule has 0 aliphatic carbocycles. The molecule has 3 nitrogen and oxygen atoms in total. The van der Waals surface area contributed by atoms with Gasteiger partial charge < -0.3 is 9.67 Å². The Bertz CT molecular complexity index is 413. The molecule has 0 spiro atoms. The average Bonchev–Trinajstić information content (AvgIpc) is 2.84. The smallest absolute Gasteiger partial charge is 0.0497 e. The lowest BCUT2D eigenvalue weighted by Crippen LogP contribution is -2.43. The van der Waals surface area contributed by atoms with Crippen LogP contribution in [0.15, 0.2) is 18.3 Å². The van der Waals surface area contributed by atoms with Gasteiger partial charge in [0.1, 0.15) is 0 Å². The van der Waals surface area contributed by atoms with Gasteiger partial charge in [-0.3, -0.25) is 4.90 Å². The summed E-state index contributed by atoms with van der Waals surface area (Å²) >= 11 is 0. The number of hydrogen-bond acceptors (Lipinski definition) is 2. The van der Waals surface area contributed by atoms with E-state index >= 15 is 0 Å². The first-order valence-electron chi connectivity index (χ1n) is 8.00. The zero-order valence-electron chi connectivity index (χ0n) is 13.3. The number of aryl methyl sites for hydroxylation is 1. The lowest BCUT2D eigenvalue weighted by atomic mass is 9.83. The third kappa shape index (κ3) is 4.10. The van der Waals surface area contributed by atoms with Crippen molar-refractivity contribution >= 4 is 0 Å². The monoisotopic (exact) mass is 278 g/mol. The van der Waals surface area contributed by atoms with Gasteiger partial charge >= 0.3 is 0 Å². The molecule has 1 saturated heterocycles. The predicted octanol–water partition coefficient (Wildman–Crippen LogP) is 3.13. The molecule has 0 aromatic carbocycles. The molecule has 3 heteroatoms. The maximum atomic E-state index is 9.56. The van der Waals surface area contributed by atoms with Crippen molar-refractivity contribution in [3.63, 3.8) is 0 Å². The van der Waals surface area contributed by atoms with Crippen molar-refractivity contribution in [1.29, 1.82) is 0 Å². The minimum atomic E-state index is 0.0909. The van der Waals surface area contributed by atoms with Crippen LogP contribution in [0.2, 0.25) is 0 Å². The summed E-state index contributed by atoms with van der Waals surface area (Å²) in [6, 6.07) is 4.40. The van der Waals surface area contributed by atoms with Crippen molar-refractivity contribution in [2.24, 2.45) is 11.3 Å². The molecule has 0 radical (unpaired) electrons. The number of rotatable bonds is 6. The van der Waals surface area contributed by atoms with Crippen LogP contribution in [0.1, 0.15) is 45.7 Å². The van der Waals surface area contributed by atoms with Gasteiger partial charge in [-0.2, -0.15) is 0 Å². The molecule has 1 aromatic heterocycles. The lowest BCUT2D eigenvalue weighted by Gasteiger charge is -2.39. The van der Waals surface area contributed by atoms with Crippen LogP contribution in [0.5, 0.6) is 0 Å². The third-order valence-corrected chi connectivity index (χ3v) is 4.50. The molecular formula is C17H30N2O. The summed E-state index contributed by atoms with van der Waals surface area (Å²) in [4.78, 5) is 2.50. The molecular weight excluding hydrogens is 248 g/mol. The molecule has 0 amide bonds. The van der Waals surface area contributed by atoms with Gasteiger partial charge in [-0.1, -0.05) is 20.8 Å². The van der Waals surface area contributed by atoms with Gasteiger partial charge in [0.15, 0.2) is 0 Å². The number of hydrogen-bond donors (Lipinski definition) is 1.